The summed E-state index contributed by atoms with van der Waals surface area (Å²) in [4.78, 5) is 24.1. The molecule has 8 heteroatoms. The molecule has 0 spiro atoms. The summed E-state index contributed by atoms with van der Waals surface area (Å²) in [6.07, 6.45) is -1.04. The number of carboxylic acids is 1. The monoisotopic (exact) mass is 343 g/mol. The van der Waals surface area contributed by atoms with E-state index in [1.807, 2.05) is 0 Å². The normalized spacial score (nSPS) is 15.4. The minimum absolute atomic E-state index is 0.141. The van der Waals surface area contributed by atoms with Crippen molar-refractivity contribution >= 4 is 12.0 Å². The average Bonchev–Trinajstić information content (AvgIpc) is 2.51. The highest BCUT2D eigenvalue weighted by Gasteiger charge is 2.64. The van der Waals surface area contributed by atoms with E-state index in [0.717, 1.165) is 6.08 Å². The lowest BCUT2D eigenvalue weighted by molar-refractivity contribution is -0.242. The van der Waals surface area contributed by atoms with Crippen LogP contribution in [0, 0.1) is 5.92 Å². The van der Waals surface area contributed by atoms with E-state index in [-0.39, 0.29) is 18.9 Å². The number of alkyl halides is 2. The van der Waals surface area contributed by atoms with E-state index >= 15 is 0 Å². The second kappa shape index (κ2) is 8.10. The Kier molecular flexibility index (Phi) is 6.71. The number of nitrogens with zero attached hydrogens (tertiary/aromatic N) is 1. The van der Waals surface area contributed by atoms with Crippen molar-refractivity contribution in [2.24, 2.45) is 10.9 Å². The van der Waals surface area contributed by atoms with Crippen molar-refractivity contribution < 1.29 is 33.3 Å². The maximum atomic E-state index is 14.0. The molecule has 0 radical (unpaired) electrons. The number of aliphatic carboxylic acids is 1. The van der Waals surface area contributed by atoms with Crippen LogP contribution in [0.5, 0.6) is 0 Å². The van der Waals surface area contributed by atoms with Gasteiger partial charge >= 0.3 is 11.9 Å². The number of benzene rings is 1. The molecular weight excluding hydrogens is 324 g/mol. The number of carboxylic acid groups (broad SMARTS) is 1. The van der Waals surface area contributed by atoms with Crippen molar-refractivity contribution in [2.75, 3.05) is 0 Å². The number of hydrogen-bond acceptors (Lipinski definition) is 5. The van der Waals surface area contributed by atoms with E-state index < -0.39 is 23.7 Å². The molecule has 1 aromatic carbocycles. The lowest BCUT2D eigenvalue weighted by atomic mass is 9.92. The largest absolute Gasteiger partial charge is 0.477 e. The molecule has 132 valence electrons. The molecule has 0 amide bonds. The fourth-order valence-electron chi connectivity index (χ4n) is 2.12. The van der Waals surface area contributed by atoms with Crippen molar-refractivity contribution in [3.05, 3.63) is 35.9 Å². The standard InChI is InChI=1S/C16H19F2NO5/c1-11(2)8-13(24-9-12-6-4-3-5-7-12)16(23,19-10-20)15(17,18)14(21)22/h3-7,11,13,23H,8-9H2,1-2H3,(H,21,22). The third-order valence-corrected chi connectivity index (χ3v) is 3.38. The molecule has 0 heterocycles. The molecule has 1 rings (SSSR count). The molecule has 2 unspecified atom stereocenters. The SMILES string of the molecule is CC(C)CC(OCc1ccccc1)C(O)(N=C=O)C(F)(F)C(=O)O. The summed E-state index contributed by atoms with van der Waals surface area (Å²) in [5.74, 6) is -7.56. The minimum atomic E-state index is -4.72. The van der Waals surface area contributed by atoms with Gasteiger partial charge in [0.1, 0.15) is 6.10 Å². The molecule has 2 atom stereocenters. The molecule has 24 heavy (non-hydrogen) atoms. The summed E-state index contributed by atoms with van der Waals surface area (Å²) in [7, 11) is 0. The number of aliphatic imine (C=N–C) groups is 1. The van der Waals surface area contributed by atoms with Crippen LogP contribution in [0.3, 0.4) is 0 Å². The number of rotatable bonds is 9. The Morgan fingerprint density at radius 1 is 1.33 bits per heavy atom. The first-order valence-electron chi connectivity index (χ1n) is 7.23. The summed E-state index contributed by atoms with van der Waals surface area (Å²) >= 11 is 0. The van der Waals surface area contributed by atoms with Crippen LogP contribution in [0.4, 0.5) is 8.78 Å². The van der Waals surface area contributed by atoms with Crippen molar-refractivity contribution in [3.8, 4) is 0 Å². The van der Waals surface area contributed by atoms with Gasteiger partial charge in [-0.3, -0.25) is 0 Å². The first-order valence-corrected chi connectivity index (χ1v) is 7.23. The van der Waals surface area contributed by atoms with Crippen LogP contribution in [-0.4, -0.2) is 40.0 Å². The molecular formula is C16H19F2NO5. The molecule has 2 N–H and O–H groups in total. The zero-order valence-electron chi connectivity index (χ0n) is 13.3. The van der Waals surface area contributed by atoms with Crippen LogP contribution in [-0.2, 0) is 20.9 Å². The Morgan fingerprint density at radius 3 is 2.38 bits per heavy atom. The van der Waals surface area contributed by atoms with Crippen LogP contribution in [0.25, 0.3) is 0 Å². The fraction of sp³-hybridized carbons (Fsp3) is 0.500. The lowest BCUT2D eigenvalue weighted by Gasteiger charge is -2.35. The van der Waals surface area contributed by atoms with E-state index in [1.165, 1.54) is 0 Å². The Balaban J connectivity index is 3.17. The van der Waals surface area contributed by atoms with Gasteiger partial charge in [0.15, 0.2) is 0 Å². The van der Waals surface area contributed by atoms with Gasteiger partial charge in [-0.15, -0.1) is 0 Å². The number of halogens is 2. The number of isocyanates is 1. The summed E-state index contributed by atoms with van der Waals surface area (Å²) in [6, 6.07) is 8.50. The molecule has 0 aliphatic heterocycles. The molecule has 6 nitrogen and oxygen atoms in total. The van der Waals surface area contributed by atoms with Crippen molar-refractivity contribution in [2.45, 2.75) is 44.6 Å². The number of hydrogen-bond donors (Lipinski definition) is 2. The van der Waals surface area contributed by atoms with Gasteiger partial charge in [0.05, 0.1) is 6.61 Å². The number of carbonyl (C=O) groups is 1. The molecule has 0 aliphatic carbocycles. The van der Waals surface area contributed by atoms with Crippen molar-refractivity contribution in [1.82, 2.24) is 0 Å². The zero-order valence-corrected chi connectivity index (χ0v) is 13.3. The second-order valence-corrected chi connectivity index (χ2v) is 5.72. The smallest absolute Gasteiger partial charge is 0.393 e. The lowest BCUT2D eigenvalue weighted by Crippen LogP contribution is -2.60. The number of carbonyl (C=O) groups excluding carboxylic acids is 1. The van der Waals surface area contributed by atoms with Gasteiger partial charge in [-0.25, -0.2) is 9.59 Å². The third kappa shape index (κ3) is 4.44. The molecule has 0 saturated carbocycles. The maximum Gasteiger partial charge on any atom is 0.393 e. The van der Waals surface area contributed by atoms with Gasteiger partial charge < -0.3 is 14.9 Å². The Morgan fingerprint density at radius 2 is 1.92 bits per heavy atom. The first-order chi connectivity index (χ1) is 11.1. The highest BCUT2D eigenvalue weighted by atomic mass is 19.3. The van der Waals surface area contributed by atoms with Gasteiger partial charge in [-0.2, -0.15) is 13.8 Å². The molecule has 0 saturated heterocycles. The van der Waals surface area contributed by atoms with Gasteiger partial charge in [-0.05, 0) is 17.9 Å². The summed E-state index contributed by atoms with van der Waals surface area (Å²) in [5.41, 5.74) is -2.93. The number of aliphatic hydroxyl groups is 1. The highest BCUT2D eigenvalue weighted by molar-refractivity contribution is 5.77. The van der Waals surface area contributed by atoms with E-state index in [2.05, 4.69) is 4.99 Å². The van der Waals surface area contributed by atoms with Crippen molar-refractivity contribution in [1.29, 1.82) is 0 Å². The fourth-order valence-corrected chi connectivity index (χ4v) is 2.12. The van der Waals surface area contributed by atoms with Crippen LogP contribution in [0.15, 0.2) is 35.3 Å². The molecule has 0 bridgehead atoms. The Bertz CT molecular complexity index is 602. The third-order valence-electron chi connectivity index (χ3n) is 3.38. The molecule has 0 aromatic heterocycles. The van der Waals surface area contributed by atoms with E-state index in [1.54, 1.807) is 44.2 Å². The summed E-state index contributed by atoms with van der Waals surface area (Å²) in [5, 5.41) is 18.9. The minimum Gasteiger partial charge on any atom is -0.477 e. The quantitative estimate of drug-likeness (QED) is 0.530. The van der Waals surface area contributed by atoms with Gasteiger partial charge in [0, 0.05) is 0 Å². The van der Waals surface area contributed by atoms with Crippen molar-refractivity contribution in [3.63, 3.8) is 0 Å². The van der Waals surface area contributed by atoms with Gasteiger partial charge in [0.2, 0.25) is 6.08 Å². The van der Waals surface area contributed by atoms with Gasteiger partial charge in [-0.1, -0.05) is 44.2 Å². The summed E-state index contributed by atoms with van der Waals surface area (Å²) in [6.45, 7) is 3.18. The van der Waals surface area contributed by atoms with E-state index in [9.17, 15) is 23.5 Å². The van der Waals surface area contributed by atoms with Crippen LogP contribution < -0.4 is 0 Å². The highest BCUT2D eigenvalue weighted by Crippen LogP contribution is 2.37. The Hall–Kier alpha value is -2.15. The predicted molar refractivity (Wildman–Crippen MR) is 80.1 cm³/mol. The maximum absolute atomic E-state index is 14.0. The average molecular weight is 343 g/mol. The van der Waals surface area contributed by atoms with Crippen LogP contribution >= 0.6 is 0 Å². The zero-order chi connectivity index (χ0) is 18.4. The summed E-state index contributed by atoms with van der Waals surface area (Å²) < 4.78 is 33.3. The second-order valence-electron chi connectivity index (χ2n) is 5.72. The number of ether oxygens (including phenoxy) is 1. The molecule has 0 aliphatic rings. The topological polar surface area (TPSA) is 96.2 Å². The molecule has 1 aromatic rings. The predicted octanol–water partition coefficient (Wildman–Crippen LogP) is 2.36. The Labute approximate surface area is 137 Å². The van der Waals surface area contributed by atoms with E-state index in [0.29, 0.717) is 5.56 Å². The van der Waals surface area contributed by atoms with E-state index in [4.69, 9.17) is 9.84 Å². The van der Waals surface area contributed by atoms with Crippen LogP contribution in [0.2, 0.25) is 0 Å². The van der Waals surface area contributed by atoms with Crippen LogP contribution in [0.1, 0.15) is 25.8 Å². The first kappa shape index (κ1) is 19.9. The van der Waals surface area contributed by atoms with Gasteiger partial charge in [0.25, 0.3) is 5.72 Å². The molecule has 0 fully saturated rings.